The van der Waals surface area contributed by atoms with Crippen molar-refractivity contribution in [2.45, 2.75) is 38.8 Å². The number of rotatable bonds is 8. The highest BCUT2D eigenvalue weighted by Gasteiger charge is 2.24. The first-order valence-electron chi connectivity index (χ1n) is 9.91. The average Bonchev–Trinajstić information content (AvgIpc) is 2.72. The van der Waals surface area contributed by atoms with Crippen molar-refractivity contribution in [2.24, 2.45) is 0 Å². The van der Waals surface area contributed by atoms with E-state index in [1.807, 2.05) is 0 Å². The molecule has 0 heterocycles. The molecule has 170 valence electrons. The van der Waals surface area contributed by atoms with Gasteiger partial charge in [0.1, 0.15) is 23.1 Å². The average molecular weight is 441 g/mol. The predicted molar refractivity (Wildman–Crippen MR) is 119 cm³/mol. The van der Waals surface area contributed by atoms with Crippen molar-refractivity contribution in [3.05, 3.63) is 65.7 Å². The standard InChI is InChI=1S/C24H27NO7/c1-24(2,3)32-23(29)25-20(22(27)28)15-17-7-12-19(13-8-17)31-18-10-5-16(6-11-18)9-14-21(26)30-4/h5-14,20H,15H2,1-4H3,(H,25,29)(H,27,28)/b14-9+/t20-/m0/s1. The summed E-state index contributed by atoms with van der Waals surface area (Å²) >= 11 is 0. The first kappa shape index (κ1) is 24.5. The molecule has 0 saturated carbocycles. The third-order valence-electron chi connectivity index (χ3n) is 4.08. The maximum Gasteiger partial charge on any atom is 0.408 e. The molecule has 0 unspecified atom stereocenters. The number of methoxy groups -OCH3 is 1. The Morgan fingerprint density at radius 2 is 1.56 bits per heavy atom. The summed E-state index contributed by atoms with van der Waals surface area (Å²) in [5.41, 5.74) is 0.807. The maximum absolute atomic E-state index is 11.9. The van der Waals surface area contributed by atoms with Crippen molar-refractivity contribution in [3.63, 3.8) is 0 Å². The molecule has 0 aromatic heterocycles. The summed E-state index contributed by atoms with van der Waals surface area (Å²) in [5, 5.41) is 11.8. The van der Waals surface area contributed by atoms with Gasteiger partial charge in [0, 0.05) is 12.5 Å². The van der Waals surface area contributed by atoms with Crippen LogP contribution in [0, 0.1) is 0 Å². The van der Waals surface area contributed by atoms with Crippen LogP contribution < -0.4 is 10.1 Å². The van der Waals surface area contributed by atoms with E-state index in [0.717, 1.165) is 5.56 Å². The summed E-state index contributed by atoms with van der Waals surface area (Å²) in [4.78, 5) is 34.5. The molecule has 0 aliphatic heterocycles. The van der Waals surface area contributed by atoms with E-state index < -0.39 is 29.7 Å². The fraction of sp³-hybridized carbons (Fsp3) is 0.292. The van der Waals surface area contributed by atoms with Gasteiger partial charge >= 0.3 is 18.0 Å². The Labute approximate surface area is 186 Å². The number of amides is 1. The molecule has 8 heteroatoms. The number of esters is 1. The zero-order chi connectivity index (χ0) is 23.7. The molecule has 0 radical (unpaired) electrons. The number of aliphatic carboxylic acids is 1. The number of alkyl carbamates (subject to hydrolysis) is 1. The highest BCUT2D eigenvalue weighted by Crippen LogP contribution is 2.23. The highest BCUT2D eigenvalue weighted by atomic mass is 16.6. The quantitative estimate of drug-likeness (QED) is 0.467. The Balaban J connectivity index is 1.97. The number of carboxylic acid groups (broad SMARTS) is 1. The molecule has 32 heavy (non-hydrogen) atoms. The van der Waals surface area contributed by atoms with E-state index >= 15 is 0 Å². The normalized spacial score (nSPS) is 12.1. The van der Waals surface area contributed by atoms with Crippen LogP contribution in [-0.2, 0) is 25.5 Å². The maximum atomic E-state index is 11.9. The third kappa shape index (κ3) is 8.51. The van der Waals surface area contributed by atoms with Gasteiger partial charge in [0.25, 0.3) is 0 Å². The van der Waals surface area contributed by atoms with Gasteiger partial charge < -0.3 is 24.6 Å². The molecular formula is C24H27NO7. The van der Waals surface area contributed by atoms with Gasteiger partial charge in [-0.25, -0.2) is 14.4 Å². The first-order chi connectivity index (χ1) is 15.1. The number of hydrogen-bond donors (Lipinski definition) is 2. The Morgan fingerprint density at radius 3 is 2.06 bits per heavy atom. The van der Waals surface area contributed by atoms with Crippen LogP contribution in [0.25, 0.3) is 6.08 Å². The predicted octanol–water partition coefficient (Wildman–Crippen LogP) is 4.19. The van der Waals surface area contributed by atoms with Crippen molar-refractivity contribution in [1.82, 2.24) is 5.32 Å². The van der Waals surface area contributed by atoms with Crippen molar-refractivity contribution in [2.75, 3.05) is 7.11 Å². The molecule has 0 saturated heterocycles. The lowest BCUT2D eigenvalue weighted by molar-refractivity contribution is -0.139. The van der Waals surface area contributed by atoms with Crippen molar-refractivity contribution in [3.8, 4) is 11.5 Å². The van der Waals surface area contributed by atoms with E-state index in [0.29, 0.717) is 17.1 Å². The van der Waals surface area contributed by atoms with Gasteiger partial charge in [0.2, 0.25) is 0 Å². The second-order valence-corrected chi connectivity index (χ2v) is 7.91. The molecule has 2 rings (SSSR count). The van der Waals surface area contributed by atoms with Crippen molar-refractivity contribution >= 4 is 24.1 Å². The van der Waals surface area contributed by atoms with E-state index in [2.05, 4.69) is 10.1 Å². The van der Waals surface area contributed by atoms with E-state index in [4.69, 9.17) is 9.47 Å². The number of carboxylic acids is 1. The Hall–Kier alpha value is -3.81. The summed E-state index contributed by atoms with van der Waals surface area (Å²) in [5.74, 6) is -0.420. The number of hydrogen-bond acceptors (Lipinski definition) is 6. The van der Waals surface area contributed by atoms with Crippen LogP contribution in [0.5, 0.6) is 11.5 Å². The lowest BCUT2D eigenvalue weighted by Crippen LogP contribution is -2.44. The lowest BCUT2D eigenvalue weighted by atomic mass is 10.1. The monoisotopic (exact) mass is 441 g/mol. The van der Waals surface area contributed by atoms with Crippen LogP contribution in [0.3, 0.4) is 0 Å². The fourth-order valence-corrected chi connectivity index (χ4v) is 2.59. The number of ether oxygens (including phenoxy) is 3. The van der Waals surface area contributed by atoms with Crippen LogP contribution in [0.1, 0.15) is 31.9 Å². The lowest BCUT2D eigenvalue weighted by Gasteiger charge is -2.22. The minimum Gasteiger partial charge on any atom is -0.480 e. The molecule has 0 spiro atoms. The van der Waals surface area contributed by atoms with E-state index in [-0.39, 0.29) is 6.42 Å². The van der Waals surface area contributed by atoms with Gasteiger partial charge in [-0.3, -0.25) is 0 Å². The zero-order valence-electron chi connectivity index (χ0n) is 18.5. The second-order valence-electron chi connectivity index (χ2n) is 7.91. The van der Waals surface area contributed by atoms with Gasteiger partial charge in [0.15, 0.2) is 0 Å². The molecule has 0 bridgehead atoms. The first-order valence-corrected chi connectivity index (χ1v) is 9.91. The van der Waals surface area contributed by atoms with Gasteiger partial charge in [0.05, 0.1) is 7.11 Å². The van der Waals surface area contributed by atoms with E-state index in [1.165, 1.54) is 13.2 Å². The van der Waals surface area contributed by atoms with Crippen LogP contribution in [0.2, 0.25) is 0 Å². The molecule has 2 aromatic rings. The largest absolute Gasteiger partial charge is 0.480 e. The van der Waals surface area contributed by atoms with Crippen molar-refractivity contribution < 1.29 is 33.7 Å². The third-order valence-corrected chi connectivity index (χ3v) is 4.08. The fourth-order valence-electron chi connectivity index (χ4n) is 2.59. The van der Waals surface area contributed by atoms with E-state index in [9.17, 15) is 19.5 Å². The Bertz CT molecular complexity index is 957. The molecule has 2 N–H and O–H groups in total. The van der Waals surface area contributed by atoms with Gasteiger partial charge in [-0.05, 0) is 62.2 Å². The Morgan fingerprint density at radius 1 is 1.00 bits per heavy atom. The molecular weight excluding hydrogens is 414 g/mol. The van der Waals surface area contributed by atoms with Crippen LogP contribution in [0.4, 0.5) is 4.79 Å². The van der Waals surface area contributed by atoms with Gasteiger partial charge in [-0.2, -0.15) is 0 Å². The molecule has 1 amide bonds. The number of nitrogens with one attached hydrogen (secondary N) is 1. The van der Waals surface area contributed by atoms with Gasteiger partial charge in [-0.1, -0.05) is 24.3 Å². The summed E-state index contributed by atoms with van der Waals surface area (Å²) in [6.07, 6.45) is 2.27. The summed E-state index contributed by atoms with van der Waals surface area (Å²) in [6, 6.07) is 12.9. The molecule has 1 atom stereocenters. The summed E-state index contributed by atoms with van der Waals surface area (Å²) in [7, 11) is 1.31. The topological polar surface area (TPSA) is 111 Å². The molecule has 0 fully saturated rings. The second kappa shape index (κ2) is 11.0. The van der Waals surface area contributed by atoms with Crippen LogP contribution in [-0.4, -0.2) is 41.9 Å². The minimum atomic E-state index is -1.16. The number of carbonyl (C=O) groups excluding carboxylic acids is 2. The molecule has 8 nitrogen and oxygen atoms in total. The van der Waals surface area contributed by atoms with Crippen LogP contribution in [0.15, 0.2) is 54.6 Å². The highest BCUT2D eigenvalue weighted by molar-refractivity contribution is 5.86. The molecule has 0 aliphatic carbocycles. The minimum absolute atomic E-state index is 0.0933. The van der Waals surface area contributed by atoms with Gasteiger partial charge in [-0.15, -0.1) is 0 Å². The van der Waals surface area contributed by atoms with Crippen LogP contribution >= 0.6 is 0 Å². The Kier molecular flexibility index (Phi) is 8.40. The number of carbonyl (C=O) groups is 3. The summed E-state index contributed by atoms with van der Waals surface area (Å²) in [6.45, 7) is 5.11. The molecule has 2 aromatic carbocycles. The summed E-state index contributed by atoms with van der Waals surface area (Å²) < 4.78 is 15.5. The number of benzene rings is 2. The molecule has 0 aliphatic rings. The zero-order valence-corrected chi connectivity index (χ0v) is 18.5. The van der Waals surface area contributed by atoms with E-state index in [1.54, 1.807) is 75.4 Å². The smallest absolute Gasteiger partial charge is 0.408 e. The SMILES string of the molecule is COC(=O)/C=C/c1ccc(Oc2ccc(C[C@H](NC(=O)OC(C)(C)C)C(=O)O)cc2)cc1. The van der Waals surface area contributed by atoms with Crippen molar-refractivity contribution in [1.29, 1.82) is 0 Å².